The molecule has 1 aliphatic rings. The van der Waals surface area contributed by atoms with Crippen LogP contribution in [-0.2, 0) is 11.2 Å². The SMILES string of the molecule is NCC1CCC(C(=O)NC(Cc2ccccc2)c2cc(-c3ccc(C(=O)O)cc3)c(Cl)s2)CC1. The number of hydrogen-bond acceptors (Lipinski definition) is 4. The van der Waals surface area contributed by atoms with Gasteiger partial charge in [-0.05, 0) is 73.9 Å². The van der Waals surface area contributed by atoms with Crippen molar-refractivity contribution in [2.24, 2.45) is 17.6 Å². The Morgan fingerprint density at radius 2 is 1.74 bits per heavy atom. The van der Waals surface area contributed by atoms with Gasteiger partial charge in [-0.25, -0.2) is 4.79 Å². The predicted octanol–water partition coefficient (Wildman–Crippen LogP) is 5.93. The number of rotatable bonds is 8. The molecule has 1 atom stereocenters. The van der Waals surface area contributed by atoms with Gasteiger partial charge in [0.1, 0.15) is 4.34 Å². The zero-order valence-corrected chi connectivity index (χ0v) is 20.4. The maximum Gasteiger partial charge on any atom is 0.335 e. The lowest BCUT2D eigenvalue weighted by Gasteiger charge is -2.28. The van der Waals surface area contributed by atoms with E-state index in [0.717, 1.165) is 47.3 Å². The van der Waals surface area contributed by atoms with Crippen molar-refractivity contribution in [2.45, 2.75) is 38.1 Å². The molecule has 5 nitrogen and oxygen atoms in total. The average Bonchev–Trinajstić information content (AvgIpc) is 3.25. The van der Waals surface area contributed by atoms with Gasteiger partial charge in [0.25, 0.3) is 0 Å². The zero-order valence-electron chi connectivity index (χ0n) is 18.9. The third-order valence-electron chi connectivity index (χ3n) is 6.64. The minimum absolute atomic E-state index is 0.0135. The molecule has 0 bridgehead atoms. The summed E-state index contributed by atoms with van der Waals surface area (Å²) >= 11 is 8.08. The molecule has 1 aromatic heterocycles. The second-order valence-electron chi connectivity index (χ2n) is 8.92. The minimum Gasteiger partial charge on any atom is -0.478 e. The molecular formula is C27H29ClN2O3S. The number of thiophene rings is 1. The van der Waals surface area contributed by atoms with E-state index in [9.17, 15) is 9.59 Å². The average molecular weight is 497 g/mol. The van der Waals surface area contributed by atoms with Crippen molar-refractivity contribution in [2.75, 3.05) is 6.54 Å². The molecule has 3 aromatic rings. The topological polar surface area (TPSA) is 92.4 Å². The third kappa shape index (κ3) is 5.87. The quantitative estimate of drug-likeness (QED) is 0.360. The summed E-state index contributed by atoms with van der Waals surface area (Å²) in [6.07, 6.45) is 4.41. The van der Waals surface area contributed by atoms with Crippen LogP contribution >= 0.6 is 22.9 Å². The highest BCUT2D eigenvalue weighted by atomic mass is 35.5. The molecule has 34 heavy (non-hydrogen) atoms. The molecule has 1 aliphatic carbocycles. The van der Waals surface area contributed by atoms with Crippen LogP contribution in [0.25, 0.3) is 11.1 Å². The molecule has 0 spiro atoms. The number of carboxylic acid groups (broad SMARTS) is 1. The van der Waals surface area contributed by atoms with Crippen LogP contribution in [0.5, 0.6) is 0 Å². The predicted molar refractivity (Wildman–Crippen MR) is 137 cm³/mol. The summed E-state index contributed by atoms with van der Waals surface area (Å²) in [6.45, 7) is 0.689. The van der Waals surface area contributed by atoms with E-state index in [4.69, 9.17) is 22.4 Å². The highest BCUT2D eigenvalue weighted by Crippen LogP contribution is 2.39. The van der Waals surface area contributed by atoms with Crippen molar-refractivity contribution in [1.29, 1.82) is 0 Å². The van der Waals surface area contributed by atoms with Crippen LogP contribution < -0.4 is 11.1 Å². The normalized spacial score (nSPS) is 18.9. The first-order valence-corrected chi connectivity index (χ1v) is 12.8. The van der Waals surface area contributed by atoms with Crippen molar-refractivity contribution < 1.29 is 14.7 Å². The van der Waals surface area contributed by atoms with Gasteiger partial charge in [-0.15, -0.1) is 11.3 Å². The number of nitrogens with two attached hydrogens (primary N) is 1. The monoisotopic (exact) mass is 496 g/mol. The van der Waals surface area contributed by atoms with Gasteiger partial charge in [-0.1, -0.05) is 54.1 Å². The van der Waals surface area contributed by atoms with Crippen LogP contribution in [0.2, 0.25) is 4.34 Å². The number of nitrogens with one attached hydrogen (secondary N) is 1. The van der Waals surface area contributed by atoms with Crippen molar-refractivity contribution in [3.05, 3.63) is 81.0 Å². The fraction of sp³-hybridized carbons (Fsp3) is 0.333. The lowest BCUT2D eigenvalue weighted by atomic mass is 9.81. The highest BCUT2D eigenvalue weighted by Gasteiger charge is 2.28. The van der Waals surface area contributed by atoms with E-state index in [1.165, 1.54) is 11.3 Å². The highest BCUT2D eigenvalue weighted by molar-refractivity contribution is 7.16. The summed E-state index contributed by atoms with van der Waals surface area (Å²) < 4.78 is 0.619. The molecule has 7 heteroatoms. The smallest absolute Gasteiger partial charge is 0.335 e. The molecule has 0 radical (unpaired) electrons. The molecule has 4 rings (SSSR count). The van der Waals surface area contributed by atoms with Crippen LogP contribution in [0.4, 0.5) is 0 Å². The molecule has 4 N–H and O–H groups in total. The van der Waals surface area contributed by atoms with Crippen LogP contribution in [0.3, 0.4) is 0 Å². The maximum absolute atomic E-state index is 13.2. The van der Waals surface area contributed by atoms with E-state index in [1.54, 1.807) is 24.3 Å². The number of amides is 1. The van der Waals surface area contributed by atoms with Crippen molar-refractivity contribution in [3.8, 4) is 11.1 Å². The number of aromatic carboxylic acids is 1. The Balaban J connectivity index is 1.57. The van der Waals surface area contributed by atoms with E-state index in [2.05, 4.69) is 17.4 Å². The van der Waals surface area contributed by atoms with E-state index in [-0.39, 0.29) is 23.4 Å². The van der Waals surface area contributed by atoms with Crippen LogP contribution in [0.15, 0.2) is 60.7 Å². The van der Waals surface area contributed by atoms with E-state index in [1.807, 2.05) is 24.3 Å². The Bertz CT molecular complexity index is 1120. The Morgan fingerprint density at radius 1 is 1.06 bits per heavy atom. The molecule has 2 aromatic carbocycles. The van der Waals surface area contributed by atoms with Crippen molar-refractivity contribution in [3.63, 3.8) is 0 Å². The van der Waals surface area contributed by atoms with Gasteiger partial charge in [0.05, 0.1) is 11.6 Å². The molecule has 0 aliphatic heterocycles. The van der Waals surface area contributed by atoms with Crippen LogP contribution in [0, 0.1) is 11.8 Å². The first kappa shape index (κ1) is 24.5. The van der Waals surface area contributed by atoms with Gasteiger partial charge in [0.2, 0.25) is 5.91 Å². The molecule has 1 heterocycles. The van der Waals surface area contributed by atoms with Crippen LogP contribution in [0.1, 0.15) is 52.5 Å². The van der Waals surface area contributed by atoms with Crippen molar-refractivity contribution >= 4 is 34.8 Å². The van der Waals surface area contributed by atoms with E-state index < -0.39 is 5.97 Å². The third-order valence-corrected chi connectivity index (χ3v) is 8.11. The Kier molecular flexibility index (Phi) is 8.03. The van der Waals surface area contributed by atoms with Gasteiger partial charge >= 0.3 is 5.97 Å². The van der Waals surface area contributed by atoms with Gasteiger partial charge in [0.15, 0.2) is 0 Å². The van der Waals surface area contributed by atoms with Gasteiger partial charge < -0.3 is 16.2 Å². The number of carboxylic acids is 1. The second kappa shape index (κ2) is 11.2. The fourth-order valence-electron chi connectivity index (χ4n) is 4.57. The molecule has 1 saturated carbocycles. The van der Waals surface area contributed by atoms with Gasteiger partial charge in [-0.2, -0.15) is 0 Å². The number of hydrogen-bond donors (Lipinski definition) is 3. The summed E-state index contributed by atoms with van der Waals surface area (Å²) in [5, 5.41) is 12.5. The lowest BCUT2D eigenvalue weighted by molar-refractivity contribution is -0.127. The standard InChI is InChI=1S/C27H29ClN2O3S/c28-25-22(19-10-12-21(13-11-19)27(32)33)15-24(34-25)23(14-17-4-2-1-3-5-17)30-26(31)20-8-6-18(16-29)7-9-20/h1-5,10-13,15,18,20,23H,6-9,14,16,29H2,(H,30,31)(H,32,33). The maximum atomic E-state index is 13.2. The molecule has 1 unspecified atom stereocenters. The summed E-state index contributed by atoms with van der Waals surface area (Å²) in [6, 6.07) is 18.6. The largest absolute Gasteiger partial charge is 0.478 e. The molecule has 0 saturated heterocycles. The summed E-state index contributed by atoms with van der Waals surface area (Å²) in [5.74, 6) is -0.335. The van der Waals surface area contributed by atoms with Gasteiger partial charge in [0, 0.05) is 16.4 Å². The Morgan fingerprint density at radius 3 is 2.35 bits per heavy atom. The van der Waals surface area contributed by atoms with Gasteiger partial charge in [-0.3, -0.25) is 4.79 Å². The first-order valence-electron chi connectivity index (χ1n) is 11.6. The van der Waals surface area contributed by atoms with Crippen LogP contribution in [-0.4, -0.2) is 23.5 Å². The second-order valence-corrected chi connectivity index (χ2v) is 10.6. The first-order chi connectivity index (χ1) is 16.4. The molecule has 1 amide bonds. The van der Waals surface area contributed by atoms with E-state index in [0.29, 0.717) is 23.2 Å². The summed E-state index contributed by atoms with van der Waals surface area (Å²) in [5.41, 5.74) is 8.87. The summed E-state index contributed by atoms with van der Waals surface area (Å²) in [7, 11) is 0. The van der Waals surface area contributed by atoms with E-state index >= 15 is 0 Å². The Hall–Kier alpha value is -2.67. The molecule has 178 valence electrons. The zero-order chi connectivity index (χ0) is 24.1. The number of carbonyl (C=O) groups is 2. The molecular weight excluding hydrogens is 468 g/mol. The number of carbonyl (C=O) groups excluding carboxylic acids is 1. The molecule has 1 fully saturated rings. The van der Waals surface area contributed by atoms with Crippen molar-refractivity contribution in [1.82, 2.24) is 5.32 Å². The number of halogens is 1. The Labute approximate surface area is 209 Å². The minimum atomic E-state index is -0.963. The summed E-state index contributed by atoms with van der Waals surface area (Å²) in [4.78, 5) is 25.4. The fourth-order valence-corrected chi connectivity index (χ4v) is 5.96. The number of benzene rings is 2. The lowest BCUT2D eigenvalue weighted by Crippen LogP contribution is -2.37.